The molecular weight excluding hydrogens is 342 g/mol. The molecule has 2 aromatic carbocycles. The van der Waals surface area contributed by atoms with Crippen molar-refractivity contribution in [1.82, 2.24) is 14.5 Å². The molecule has 3 heterocycles. The maximum absolute atomic E-state index is 9.64. The fraction of sp³-hybridized carbons (Fsp3) is 0.200. The van der Waals surface area contributed by atoms with Gasteiger partial charge in [-0.15, -0.1) is 0 Å². The summed E-state index contributed by atoms with van der Waals surface area (Å²) in [5, 5.41) is 11.4. The Hall–Kier alpha value is -3.32. The average molecular weight is 361 g/mol. The van der Waals surface area contributed by atoms with Crippen molar-refractivity contribution in [3.63, 3.8) is 0 Å². The molecule has 5 N–H and O–H groups in total. The molecule has 1 aliphatic heterocycles. The summed E-state index contributed by atoms with van der Waals surface area (Å²) in [7, 11) is 0. The standard InChI is InChI=1S/C20H19N5O2/c1-10-9-27-18-16(10)15(7-13-17(18)19(21)24-20(22)23-13)25-6-5-12-11(8-26)3-2-4-14(12)25/h2-7,10,26H,8-9H2,1H3,(H4,21,22,23,24). The molecule has 7 nitrogen and oxygen atoms in total. The Morgan fingerprint density at radius 1 is 1.26 bits per heavy atom. The number of nitrogen functional groups attached to an aromatic ring is 2. The van der Waals surface area contributed by atoms with Gasteiger partial charge in [0, 0.05) is 23.1 Å². The fourth-order valence-corrected chi connectivity index (χ4v) is 4.01. The zero-order valence-electron chi connectivity index (χ0n) is 14.8. The highest BCUT2D eigenvalue weighted by Crippen LogP contribution is 2.45. The van der Waals surface area contributed by atoms with Crippen molar-refractivity contribution in [2.75, 3.05) is 18.1 Å². The van der Waals surface area contributed by atoms with E-state index in [1.807, 2.05) is 36.5 Å². The van der Waals surface area contributed by atoms with Gasteiger partial charge in [0.25, 0.3) is 0 Å². The Balaban J connectivity index is 1.88. The van der Waals surface area contributed by atoms with E-state index in [0.717, 1.165) is 33.5 Å². The van der Waals surface area contributed by atoms with Crippen molar-refractivity contribution >= 4 is 33.6 Å². The van der Waals surface area contributed by atoms with Crippen LogP contribution < -0.4 is 16.2 Å². The first-order valence-corrected chi connectivity index (χ1v) is 8.81. The molecule has 5 rings (SSSR count). The average Bonchev–Trinajstić information content (AvgIpc) is 3.24. The largest absolute Gasteiger partial charge is 0.492 e. The number of aliphatic hydroxyl groups excluding tert-OH is 1. The van der Waals surface area contributed by atoms with E-state index in [-0.39, 0.29) is 18.5 Å². The fourth-order valence-electron chi connectivity index (χ4n) is 4.01. The van der Waals surface area contributed by atoms with E-state index in [1.165, 1.54) is 0 Å². The summed E-state index contributed by atoms with van der Waals surface area (Å²) in [6, 6.07) is 9.91. The quantitative estimate of drug-likeness (QED) is 0.506. The minimum atomic E-state index is -0.00299. The SMILES string of the molecule is CC1COc2c1c(-n1ccc3c(CO)cccc31)cc1nc(N)nc(N)c21. The number of nitrogens with zero attached hydrogens (tertiary/aromatic N) is 3. The molecule has 136 valence electrons. The lowest BCUT2D eigenvalue weighted by Crippen LogP contribution is -2.04. The van der Waals surface area contributed by atoms with Crippen LogP contribution in [0.2, 0.25) is 0 Å². The third kappa shape index (κ3) is 2.18. The van der Waals surface area contributed by atoms with Gasteiger partial charge < -0.3 is 25.9 Å². The maximum Gasteiger partial charge on any atom is 0.222 e. The molecule has 1 unspecified atom stereocenters. The summed E-state index contributed by atoms with van der Waals surface area (Å²) < 4.78 is 8.09. The third-order valence-corrected chi connectivity index (χ3v) is 5.23. The van der Waals surface area contributed by atoms with Gasteiger partial charge in [-0.25, -0.2) is 4.98 Å². The van der Waals surface area contributed by atoms with Gasteiger partial charge in [0.05, 0.1) is 35.3 Å². The molecule has 1 atom stereocenters. The Bertz CT molecular complexity index is 1210. The number of hydrogen-bond donors (Lipinski definition) is 3. The van der Waals surface area contributed by atoms with Gasteiger partial charge in [0.1, 0.15) is 11.6 Å². The Labute approximate surface area is 155 Å². The Morgan fingerprint density at radius 3 is 2.93 bits per heavy atom. The van der Waals surface area contributed by atoms with Gasteiger partial charge in [-0.3, -0.25) is 0 Å². The van der Waals surface area contributed by atoms with Gasteiger partial charge in [-0.1, -0.05) is 19.1 Å². The van der Waals surface area contributed by atoms with Crippen LogP contribution in [-0.2, 0) is 6.61 Å². The predicted molar refractivity (Wildman–Crippen MR) is 105 cm³/mol. The van der Waals surface area contributed by atoms with Crippen molar-refractivity contribution < 1.29 is 9.84 Å². The molecule has 0 bridgehead atoms. The van der Waals surface area contributed by atoms with Crippen LogP contribution in [0.5, 0.6) is 5.75 Å². The van der Waals surface area contributed by atoms with Crippen LogP contribution in [0, 0.1) is 0 Å². The highest BCUT2D eigenvalue weighted by atomic mass is 16.5. The third-order valence-electron chi connectivity index (χ3n) is 5.23. The number of aliphatic hydroxyl groups is 1. The number of benzene rings is 2. The van der Waals surface area contributed by atoms with Gasteiger partial charge >= 0.3 is 0 Å². The van der Waals surface area contributed by atoms with Crippen molar-refractivity contribution in [2.45, 2.75) is 19.4 Å². The number of aromatic nitrogens is 3. The number of ether oxygens (including phenoxy) is 1. The van der Waals surface area contributed by atoms with E-state index in [1.54, 1.807) is 0 Å². The van der Waals surface area contributed by atoms with E-state index in [9.17, 15) is 5.11 Å². The van der Waals surface area contributed by atoms with Crippen LogP contribution in [0.25, 0.3) is 27.5 Å². The number of fused-ring (bicyclic) bond motifs is 4. The molecule has 1 aliphatic rings. The molecule has 0 amide bonds. The summed E-state index contributed by atoms with van der Waals surface area (Å²) in [5.41, 5.74) is 16.6. The minimum absolute atomic E-state index is 0.00299. The number of nitrogens with two attached hydrogens (primary N) is 2. The highest BCUT2D eigenvalue weighted by Gasteiger charge is 2.29. The molecule has 0 aliphatic carbocycles. The highest BCUT2D eigenvalue weighted by molar-refractivity contribution is 5.99. The smallest absolute Gasteiger partial charge is 0.222 e. The van der Waals surface area contributed by atoms with E-state index in [2.05, 4.69) is 21.5 Å². The monoisotopic (exact) mass is 361 g/mol. The molecule has 0 saturated heterocycles. The summed E-state index contributed by atoms with van der Waals surface area (Å²) >= 11 is 0. The molecule has 0 spiro atoms. The molecule has 0 radical (unpaired) electrons. The first kappa shape index (κ1) is 15.9. The van der Waals surface area contributed by atoms with E-state index < -0.39 is 0 Å². The Kier molecular flexibility index (Phi) is 3.29. The topological polar surface area (TPSA) is 112 Å². The Morgan fingerprint density at radius 2 is 2.11 bits per heavy atom. The van der Waals surface area contributed by atoms with Gasteiger partial charge in [0.15, 0.2) is 0 Å². The van der Waals surface area contributed by atoms with Crippen LogP contribution in [0.4, 0.5) is 11.8 Å². The second-order valence-corrected chi connectivity index (χ2v) is 6.91. The number of hydrogen-bond acceptors (Lipinski definition) is 6. The summed E-state index contributed by atoms with van der Waals surface area (Å²) in [4.78, 5) is 8.48. The molecule has 2 aromatic heterocycles. The van der Waals surface area contributed by atoms with Crippen LogP contribution >= 0.6 is 0 Å². The van der Waals surface area contributed by atoms with Crippen LogP contribution in [0.1, 0.15) is 24.0 Å². The van der Waals surface area contributed by atoms with Crippen molar-refractivity contribution in [1.29, 1.82) is 0 Å². The second kappa shape index (κ2) is 5.59. The van der Waals surface area contributed by atoms with Crippen molar-refractivity contribution in [2.24, 2.45) is 0 Å². The van der Waals surface area contributed by atoms with E-state index in [4.69, 9.17) is 16.2 Å². The molecule has 27 heavy (non-hydrogen) atoms. The first-order chi connectivity index (χ1) is 13.1. The summed E-state index contributed by atoms with van der Waals surface area (Å²) in [5.74, 6) is 1.40. The van der Waals surface area contributed by atoms with E-state index in [0.29, 0.717) is 23.3 Å². The lowest BCUT2D eigenvalue weighted by atomic mass is 9.98. The number of anilines is 2. The molecule has 0 fully saturated rings. The molecular formula is C20H19N5O2. The van der Waals surface area contributed by atoms with Gasteiger partial charge in [0.2, 0.25) is 5.95 Å². The van der Waals surface area contributed by atoms with Crippen LogP contribution in [0.3, 0.4) is 0 Å². The second-order valence-electron chi connectivity index (χ2n) is 6.91. The van der Waals surface area contributed by atoms with Crippen LogP contribution in [-0.4, -0.2) is 26.2 Å². The van der Waals surface area contributed by atoms with Crippen molar-refractivity contribution in [3.8, 4) is 11.4 Å². The lowest BCUT2D eigenvalue weighted by Gasteiger charge is -2.15. The van der Waals surface area contributed by atoms with Crippen molar-refractivity contribution in [3.05, 3.63) is 47.7 Å². The molecule has 4 aromatic rings. The lowest BCUT2D eigenvalue weighted by molar-refractivity contribution is 0.283. The molecule has 7 heteroatoms. The maximum atomic E-state index is 9.64. The molecule has 0 saturated carbocycles. The zero-order valence-corrected chi connectivity index (χ0v) is 14.8. The first-order valence-electron chi connectivity index (χ1n) is 8.81. The van der Waals surface area contributed by atoms with E-state index >= 15 is 0 Å². The zero-order chi connectivity index (χ0) is 18.7. The predicted octanol–water partition coefficient (Wildman–Crippen LogP) is 2.73. The number of rotatable bonds is 2. The van der Waals surface area contributed by atoms with Crippen LogP contribution in [0.15, 0.2) is 36.5 Å². The van der Waals surface area contributed by atoms with Gasteiger partial charge in [-0.2, -0.15) is 4.98 Å². The van der Waals surface area contributed by atoms with Gasteiger partial charge in [-0.05, 0) is 23.8 Å². The normalized spacial score (nSPS) is 16.0. The summed E-state index contributed by atoms with van der Waals surface area (Å²) in [6.45, 7) is 2.70. The summed E-state index contributed by atoms with van der Waals surface area (Å²) in [6.07, 6.45) is 2.00. The minimum Gasteiger partial charge on any atom is -0.492 e.